The molecule has 0 unspecified atom stereocenters. The van der Waals surface area contributed by atoms with Crippen LogP contribution in [0.5, 0.6) is 0 Å². The monoisotopic (exact) mass is 257 g/mol. The topological polar surface area (TPSA) is 23.5 Å². The van der Waals surface area contributed by atoms with E-state index in [4.69, 9.17) is 0 Å². The van der Waals surface area contributed by atoms with Crippen molar-refractivity contribution < 1.29 is 5.11 Å². The Balaban J connectivity index is 2.11. The minimum atomic E-state index is -0.353. The first-order chi connectivity index (χ1) is 8.75. The Bertz CT molecular complexity index is 522. The fraction of sp³-hybridized carbons (Fsp3) is 0.200. The summed E-state index contributed by atoms with van der Waals surface area (Å²) < 4.78 is 0. The van der Waals surface area contributed by atoms with Crippen LogP contribution in [0.2, 0.25) is 0 Å². The average Bonchev–Trinajstić information content (AvgIpc) is 2.38. The van der Waals surface area contributed by atoms with E-state index >= 15 is 0 Å². The van der Waals surface area contributed by atoms with E-state index < -0.39 is 0 Å². The molecular formula is C15H15NOS. The number of hydrogen-bond acceptors (Lipinski definition) is 3. The second-order valence-electron chi connectivity index (χ2n) is 4.50. The maximum absolute atomic E-state index is 9.71. The molecule has 1 atom stereocenters. The predicted molar refractivity (Wildman–Crippen MR) is 75.7 cm³/mol. The number of hydrogen-bond donors (Lipinski definition) is 1. The van der Waals surface area contributed by atoms with Crippen LogP contribution in [0.1, 0.15) is 6.92 Å². The van der Waals surface area contributed by atoms with Crippen LogP contribution < -0.4 is 4.90 Å². The number of aliphatic hydroxyl groups is 1. The van der Waals surface area contributed by atoms with Crippen molar-refractivity contribution in [2.75, 3.05) is 11.4 Å². The van der Waals surface area contributed by atoms with E-state index in [9.17, 15) is 5.11 Å². The van der Waals surface area contributed by atoms with Gasteiger partial charge in [0.25, 0.3) is 0 Å². The Hall–Kier alpha value is -1.45. The van der Waals surface area contributed by atoms with Crippen LogP contribution in [0.3, 0.4) is 0 Å². The average molecular weight is 257 g/mol. The van der Waals surface area contributed by atoms with Crippen molar-refractivity contribution in [3.05, 3.63) is 48.5 Å². The molecule has 0 spiro atoms. The molecule has 1 aliphatic rings. The highest BCUT2D eigenvalue weighted by atomic mass is 32.2. The van der Waals surface area contributed by atoms with Gasteiger partial charge in [0.05, 0.1) is 17.5 Å². The largest absolute Gasteiger partial charge is 0.392 e. The predicted octanol–water partition coefficient (Wildman–Crippen LogP) is 3.67. The summed E-state index contributed by atoms with van der Waals surface area (Å²) in [5.74, 6) is 0. The minimum Gasteiger partial charge on any atom is -0.392 e. The number of para-hydroxylation sites is 2. The fourth-order valence-electron chi connectivity index (χ4n) is 2.24. The molecule has 3 heteroatoms. The highest BCUT2D eigenvalue weighted by molar-refractivity contribution is 7.99. The molecule has 2 aromatic carbocycles. The Labute approximate surface area is 111 Å². The Kier molecular flexibility index (Phi) is 3.02. The first kappa shape index (κ1) is 11.6. The number of β-amino-alcohol motifs (C(OH)–C–C–N with tert-alkyl or cyclic N) is 1. The Morgan fingerprint density at radius 3 is 2.00 bits per heavy atom. The van der Waals surface area contributed by atoms with Gasteiger partial charge >= 0.3 is 0 Å². The van der Waals surface area contributed by atoms with E-state index in [2.05, 4.69) is 41.3 Å². The summed E-state index contributed by atoms with van der Waals surface area (Å²) in [6, 6.07) is 16.7. The van der Waals surface area contributed by atoms with Gasteiger partial charge in [0.15, 0.2) is 0 Å². The van der Waals surface area contributed by atoms with Crippen LogP contribution in [0.25, 0.3) is 0 Å². The van der Waals surface area contributed by atoms with Crippen molar-refractivity contribution in [2.24, 2.45) is 0 Å². The summed E-state index contributed by atoms with van der Waals surface area (Å²) >= 11 is 1.79. The number of rotatable bonds is 2. The molecule has 18 heavy (non-hydrogen) atoms. The molecule has 1 N–H and O–H groups in total. The molecule has 1 aliphatic heterocycles. The fourth-order valence-corrected chi connectivity index (χ4v) is 3.34. The van der Waals surface area contributed by atoms with Crippen LogP contribution in [0.15, 0.2) is 58.3 Å². The zero-order chi connectivity index (χ0) is 12.5. The second kappa shape index (κ2) is 4.67. The number of benzene rings is 2. The maximum Gasteiger partial charge on any atom is 0.0691 e. The van der Waals surface area contributed by atoms with Crippen LogP contribution in [0.4, 0.5) is 11.4 Å². The van der Waals surface area contributed by atoms with Gasteiger partial charge in [-0.3, -0.25) is 0 Å². The van der Waals surface area contributed by atoms with E-state index in [1.165, 1.54) is 21.2 Å². The summed E-state index contributed by atoms with van der Waals surface area (Å²) in [4.78, 5) is 4.69. The third-order valence-electron chi connectivity index (χ3n) is 2.98. The van der Waals surface area contributed by atoms with Gasteiger partial charge in [-0.05, 0) is 31.2 Å². The van der Waals surface area contributed by atoms with E-state index in [-0.39, 0.29) is 6.10 Å². The SMILES string of the molecule is C[C@H](O)CN1c2ccccc2Sc2ccccc21. The summed E-state index contributed by atoms with van der Waals surface area (Å²) in [6.45, 7) is 2.45. The molecule has 0 aliphatic carbocycles. The molecule has 0 amide bonds. The Morgan fingerprint density at radius 1 is 1.00 bits per heavy atom. The quantitative estimate of drug-likeness (QED) is 0.888. The summed E-state index contributed by atoms with van der Waals surface area (Å²) in [5.41, 5.74) is 2.37. The smallest absolute Gasteiger partial charge is 0.0691 e. The van der Waals surface area contributed by atoms with E-state index in [1.807, 2.05) is 19.1 Å². The van der Waals surface area contributed by atoms with Gasteiger partial charge in [-0.2, -0.15) is 0 Å². The third kappa shape index (κ3) is 2.00. The van der Waals surface area contributed by atoms with Gasteiger partial charge in [0.2, 0.25) is 0 Å². The molecule has 3 rings (SSSR count). The number of fused-ring (bicyclic) bond motifs is 2. The van der Waals surface area contributed by atoms with Crippen LogP contribution >= 0.6 is 11.8 Å². The number of nitrogens with zero attached hydrogens (tertiary/aromatic N) is 1. The summed E-state index contributed by atoms with van der Waals surface area (Å²) in [6.07, 6.45) is -0.353. The van der Waals surface area contributed by atoms with E-state index in [0.29, 0.717) is 6.54 Å². The Morgan fingerprint density at radius 2 is 1.50 bits per heavy atom. The summed E-state index contributed by atoms with van der Waals surface area (Å²) in [5, 5.41) is 9.71. The first-order valence-corrected chi connectivity index (χ1v) is 6.89. The molecular weight excluding hydrogens is 242 g/mol. The molecule has 1 heterocycles. The van der Waals surface area contributed by atoms with Crippen LogP contribution in [0, 0.1) is 0 Å². The van der Waals surface area contributed by atoms with Crippen molar-refractivity contribution >= 4 is 23.1 Å². The lowest BCUT2D eigenvalue weighted by Gasteiger charge is -2.33. The molecule has 0 saturated heterocycles. The molecule has 0 aromatic heterocycles. The first-order valence-electron chi connectivity index (χ1n) is 6.07. The van der Waals surface area contributed by atoms with Gasteiger partial charge in [0, 0.05) is 16.3 Å². The van der Waals surface area contributed by atoms with Crippen LogP contribution in [-0.2, 0) is 0 Å². The molecule has 0 fully saturated rings. The lowest BCUT2D eigenvalue weighted by atomic mass is 10.2. The van der Waals surface area contributed by atoms with Gasteiger partial charge in [-0.25, -0.2) is 0 Å². The van der Waals surface area contributed by atoms with Crippen molar-refractivity contribution in [2.45, 2.75) is 22.8 Å². The standard InChI is InChI=1S/C15H15NOS/c1-11(17)10-16-12-6-2-4-8-14(12)18-15-9-5-3-7-13(15)16/h2-9,11,17H,10H2,1H3/t11-/m0/s1. The normalized spacial score (nSPS) is 14.9. The van der Waals surface area contributed by atoms with Crippen LogP contribution in [-0.4, -0.2) is 17.8 Å². The zero-order valence-corrected chi connectivity index (χ0v) is 11.0. The molecule has 0 saturated carbocycles. The molecule has 2 aromatic rings. The lowest BCUT2D eigenvalue weighted by molar-refractivity contribution is 0.203. The second-order valence-corrected chi connectivity index (χ2v) is 5.58. The van der Waals surface area contributed by atoms with Crippen molar-refractivity contribution in [1.82, 2.24) is 0 Å². The van der Waals surface area contributed by atoms with Gasteiger partial charge in [-0.1, -0.05) is 36.0 Å². The zero-order valence-electron chi connectivity index (χ0n) is 10.2. The maximum atomic E-state index is 9.71. The number of aliphatic hydroxyl groups excluding tert-OH is 1. The van der Waals surface area contributed by atoms with E-state index in [1.54, 1.807) is 11.8 Å². The third-order valence-corrected chi connectivity index (χ3v) is 4.11. The van der Waals surface area contributed by atoms with Gasteiger partial charge < -0.3 is 10.0 Å². The van der Waals surface area contributed by atoms with Crippen molar-refractivity contribution in [1.29, 1.82) is 0 Å². The van der Waals surface area contributed by atoms with Crippen molar-refractivity contribution in [3.63, 3.8) is 0 Å². The highest BCUT2D eigenvalue weighted by Gasteiger charge is 2.23. The highest BCUT2D eigenvalue weighted by Crippen LogP contribution is 2.47. The molecule has 92 valence electrons. The lowest BCUT2D eigenvalue weighted by Crippen LogP contribution is -2.28. The number of anilines is 2. The molecule has 2 nitrogen and oxygen atoms in total. The van der Waals surface area contributed by atoms with E-state index in [0.717, 1.165) is 0 Å². The summed E-state index contributed by atoms with van der Waals surface area (Å²) in [7, 11) is 0. The van der Waals surface area contributed by atoms with Gasteiger partial charge in [0.1, 0.15) is 0 Å². The minimum absolute atomic E-state index is 0.353. The van der Waals surface area contributed by atoms with Gasteiger partial charge in [-0.15, -0.1) is 0 Å². The van der Waals surface area contributed by atoms with Crippen molar-refractivity contribution in [3.8, 4) is 0 Å². The molecule has 0 bridgehead atoms. The molecule has 0 radical (unpaired) electrons.